The molecule has 0 radical (unpaired) electrons. The highest BCUT2D eigenvalue weighted by Crippen LogP contribution is 2.09. The third kappa shape index (κ3) is 4.25. The minimum atomic E-state index is 0.0885. The molecule has 1 aromatic heterocycles. The molecule has 15 heavy (non-hydrogen) atoms. The van der Waals surface area contributed by atoms with Crippen molar-refractivity contribution < 1.29 is 9.47 Å². The molecule has 0 aliphatic heterocycles. The summed E-state index contributed by atoms with van der Waals surface area (Å²) in [5.74, 6) is 1.35. The molecule has 0 aliphatic carbocycles. The Kier molecular flexibility index (Phi) is 4.49. The van der Waals surface area contributed by atoms with Gasteiger partial charge in [-0.3, -0.25) is 0 Å². The number of hydrogen-bond acceptors (Lipinski definition) is 4. The first-order valence-electron chi connectivity index (χ1n) is 5.18. The summed E-state index contributed by atoms with van der Waals surface area (Å²) in [6.07, 6.45) is 0.0885. The fraction of sp³-hybridized carbons (Fsp3) is 0.636. The van der Waals surface area contributed by atoms with Crippen LogP contribution in [0.4, 0.5) is 0 Å². The third-order valence-corrected chi connectivity index (χ3v) is 1.86. The number of aromatic nitrogens is 2. The van der Waals surface area contributed by atoms with Gasteiger partial charge >= 0.3 is 0 Å². The van der Waals surface area contributed by atoms with Crippen molar-refractivity contribution in [1.82, 2.24) is 9.97 Å². The first kappa shape index (κ1) is 11.9. The van der Waals surface area contributed by atoms with E-state index in [0.29, 0.717) is 19.1 Å². The van der Waals surface area contributed by atoms with E-state index in [1.165, 1.54) is 0 Å². The highest BCUT2D eigenvalue weighted by Gasteiger charge is 2.04. The second kappa shape index (κ2) is 5.66. The second-order valence-electron chi connectivity index (χ2n) is 3.47. The van der Waals surface area contributed by atoms with Crippen LogP contribution in [0.3, 0.4) is 0 Å². The van der Waals surface area contributed by atoms with Gasteiger partial charge in [0.05, 0.1) is 6.10 Å². The molecule has 0 aliphatic rings. The van der Waals surface area contributed by atoms with E-state index < -0.39 is 0 Å². The van der Waals surface area contributed by atoms with Gasteiger partial charge in [0.2, 0.25) is 5.88 Å². The Morgan fingerprint density at radius 2 is 2.07 bits per heavy atom. The minimum absolute atomic E-state index is 0.0885. The first-order valence-corrected chi connectivity index (χ1v) is 5.18. The Morgan fingerprint density at radius 3 is 2.67 bits per heavy atom. The number of hydrogen-bond donors (Lipinski definition) is 0. The summed E-state index contributed by atoms with van der Waals surface area (Å²) >= 11 is 0. The Labute approximate surface area is 90.7 Å². The maximum Gasteiger partial charge on any atom is 0.216 e. The van der Waals surface area contributed by atoms with Crippen molar-refractivity contribution in [2.75, 3.05) is 13.2 Å². The molecule has 1 unspecified atom stereocenters. The first-order chi connectivity index (χ1) is 7.11. The molecule has 4 nitrogen and oxygen atoms in total. The third-order valence-electron chi connectivity index (χ3n) is 1.86. The molecule has 1 rings (SSSR count). The van der Waals surface area contributed by atoms with Gasteiger partial charge in [0, 0.05) is 18.4 Å². The molecule has 0 aromatic carbocycles. The zero-order chi connectivity index (χ0) is 11.3. The Balaban J connectivity index is 2.50. The van der Waals surface area contributed by atoms with Gasteiger partial charge in [0.25, 0.3) is 0 Å². The molecule has 0 amide bonds. The molecule has 0 saturated heterocycles. The number of nitrogens with zero attached hydrogens (tertiary/aromatic N) is 2. The van der Waals surface area contributed by atoms with Crippen LogP contribution in [0.1, 0.15) is 25.4 Å². The van der Waals surface area contributed by atoms with Gasteiger partial charge < -0.3 is 9.47 Å². The molecule has 4 heteroatoms. The van der Waals surface area contributed by atoms with Gasteiger partial charge in [-0.1, -0.05) is 0 Å². The van der Waals surface area contributed by atoms with Gasteiger partial charge in [-0.15, -0.1) is 0 Å². The predicted molar refractivity (Wildman–Crippen MR) is 58.1 cm³/mol. The average Bonchev–Trinajstić information content (AvgIpc) is 2.14. The van der Waals surface area contributed by atoms with Gasteiger partial charge in [0.15, 0.2) is 0 Å². The number of rotatable bonds is 5. The van der Waals surface area contributed by atoms with E-state index in [-0.39, 0.29) is 6.10 Å². The summed E-state index contributed by atoms with van der Waals surface area (Å²) in [6.45, 7) is 8.94. The molecular formula is C11H18N2O2. The highest BCUT2D eigenvalue weighted by molar-refractivity contribution is 5.14. The standard InChI is InChI=1S/C11H18N2O2/c1-5-14-9(3)7-15-11-6-8(2)12-10(4)13-11/h6,9H,5,7H2,1-4H3. The number of aryl methyl sites for hydroxylation is 2. The van der Waals surface area contributed by atoms with Crippen LogP contribution in [0.5, 0.6) is 5.88 Å². The lowest BCUT2D eigenvalue weighted by Gasteiger charge is -2.12. The maximum absolute atomic E-state index is 5.51. The zero-order valence-corrected chi connectivity index (χ0v) is 9.78. The summed E-state index contributed by atoms with van der Waals surface area (Å²) in [6, 6.07) is 1.83. The second-order valence-corrected chi connectivity index (χ2v) is 3.47. The van der Waals surface area contributed by atoms with Crippen molar-refractivity contribution in [1.29, 1.82) is 0 Å². The van der Waals surface area contributed by atoms with Crippen LogP contribution >= 0.6 is 0 Å². The minimum Gasteiger partial charge on any atom is -0.475 e. The molecule has 0 N–H and O–H groups in total. The summed E-state index contributed by atoms with van der Waals surface area (Å²) in [7, 11) is 0. The average molecular weight is 210 g/mol. The fourth-order valence-electron chi connectivity index (χ4n) is 1.29. The molecule has 1 heterocycles. The normalized spacial score (nSPS) is 12.5. The highest BCUT2D eigenvalue weighted by atomic mass is 16.5. The lowest BCUT2D eigenvalue weighted by atomic mass is 10.4. The maximum atomic E-state index is 5.51. The van der Waals surface area contributed by atoms with E-state index in [2.05, 4.69) is 9.97 Å². The molecule has 84 valence electrons. The van der Waals surface area contributed by atoms with Crippen LogP contribution in [0, 0.1) is 13.8 Å². The predicted octanol–water partition coefficient (Wildman–Crippen LogP) is 1.90. The Morgan fingerprint density at radius 1 is 1.33 bits per heavy atom. The molecular weight excluding hydrogens is 192 g/mol. The van der Waals surface area contributed by atoms with Crippen LogP contribution in [0.15, 0.2) is 6.07 Å². The van der Waals surface area contributed by atoms with Crippen LogP contribution in [0.25, 0.3) is 0 Å². The topological polar surface area (TPSA) is 44.2 Å². The van der Waals surface area contributed by atoms with E-state index in [1.807, 2.05) is 33.8 Å². The van der Waals surface area contributed by atoms with Crippen molar-refractivity contribution >= 4 is 0 Å². The van der Waals surface area contributed by atoms with Crippen molar-refractivity contribution in [3.8, 4) is 5.88 Å². The lowest BCUT2D eigenvalue weighted by molar-refractivity contribution is 0.0388. The molecule has 1 aromatic rings. The fourth-order valence-corrected chi connectivity index (χ4v) is 1.29. The van der Waals surface area contributed by atoms with Gasteiger partial charge in [-0.05, 0) is 27.7 Å². The smallest absolute Gasteiger partial charge is 0.216 e. The molecule has 0 bridgehead atoms. The van der Waals surface area contributed by atoms with Crippen molar-refractivity contribution in [3.05, 3.63) is 17.6 Å². The van der Waals surface area contributed by atoms with Gasteiger partial charge in [0.1, 0.15) is 12.4 Å². The summed E-state index contributed by atoms with van der Waals surface area (Å²) in [4.78, 5) is 8.35. The largest absolute Gasteiger partial charge is 0.475 e. The molecule has 1 atom stereocenters. The van der Waals surface area contributed by atoms with Crippen LogP contribution in [-0.4, -0.2) is 29.3 Å². The van der Waals surface area contributed by atoms with Crippen molar-refractivity contribution in [2.24, 2.45) is 0 Å². The van der Waals surface area contributed by atoms with E-state index in [1.54, 1.807) is 0 Å². The van der Waals surface area contributed by atoms with Crippen LogP contribution in [-0.2, 0) is 4.74 Å². The van der Waals surface area contributed by atoms with Crippen molar-refractivity contribution in [2.45, 2.75) is 33.8 Å². The SMILES string of the molecule is CCOC(C)COc1cc(C)nc(C)n1. The summed E-state index contributed by atoms with van der Waals surface area (Å²) in [5, 5.41) is 0. The quantitative estimate of drug-likeness (QED) is 0.744. The summed E-state index contributed by atoms with van der Waals surface area (Å²) in [5.41, 5.74) is 0.918. The Bertz CT molecular complexity index is 295. The van der Waals surface area contributed by atoms with E-state index in [9.17, 15) is 0 Å². The van der Waals surface area contributed by atoms with E-state index in [0.717, 1.165) is 11.5 Å². The summed E-state index contributed by atoms with van der Waals surface area (Å²) < 4.78 is 10.9. The van der Waals surface area contributed by atoms with Crippen LogP contribution in [0.2, 0.25) is 0 Å². The lowest BCUT2D eigenvalue weighted by Crippen LogP contribution is -2.18. The zero-order valence-electron chi connectivity index (χ0n) is 9.78. The number of ether oxygens (including phenoxy) is 2. The van der Waals surface area contributed by atoms with Crippen LogP contribution < -0.4 is 4.74 Å². The van der Waals surface area contributed by atoms with Gasteiger partial charge in [-0.2, -0.15) is 4.98 Å². The van der Waals surface area contributed by atoms with E-state index >= 15 is 0 Å². The van der Waals surface area contributed by atoms with Crippen molar-refractivity contribution in [3.63, 3.8) is 0 Å². The molecule has 0 spiro atoms. The Hall–Kier alpha value is -1.16. The van der Waals surface area contributed by atoms with E-state index in [4.69, 9.17) is 9.47 Å². The monoisotopic (exact) mass is 210 g/mol. The van der Waals surface area contributed by atoms with Gasteiger partial charge in [-0.25, -0.2) is 4.98 Å². The molecule has 0 saturated carbocycles. The molecule has 0 fully saturated rings.